The highest BCUT2D eigenvalue weighted by atomic mass is 35.5. The number of carbonyl (C=O) groups is 1. The Hall–Kier alpha value is -2.87. The molecule has 0 saturated carbocycles. The fourth-order valence-corrected chi connectivity index (χ4v) is 3.47. The van der Waals surface area contributed by atoms with Gasteiger partial charge < -0.3 is 25.1 Å². The van der Waals surface area contributed by atoms with Crippen molar-refractivity contribution in [3.05, 3.63) is 63.0 Å². The molecule has 1 aliphatic rings. The Balaban J connectivity index is 0.000000552. The van der Waals surface area contributed by atoms with Gasteiger partial charge in [-0.1, -0.05) is 35.9 Å². The minimum Gasteiger partial charge on any atom is -0.481 e. The third-order valence-corrected chi connectivity index (χ3v) is 4.82. The van der Waals surface area contributed by atoms with Crippen LogP contribution < -0.4 is 15.9 Å². The number of nitrogens with two attached hydrogens (primary N) is 1. The van der Waals surface area contributed by atoms with Gasteiger partial charge in [0.05, 0.1) is 12.0 Å². The number of hydrogen-bond donors (Lipinski definition) is 3. The largest absolute Gasteiger partial charge is 0.481 e. The van der Waals surface area contributed by atoms with E-state index in [1.165, 1.54) is 0 Å². The number of carboxylic acid groups (broad SMARTS) is 1. The molecule has 7 nitrogen and oxygen atoms in total. The predicted octanol–water partition coefficient (Wildman–Crippen LogP) is 3.38. The van der Waals surface area contributed by atoms with Gasteiger partial charge in [0.1, 0.15) is 10.6 Å². The van der Waals surface area contributed by atoms with Crippen molar-refractivity contribution in [2.24, 2.45) is 5.73 Å². The highest BCUT2D eigenvalue weighted by Crippen LogP contribution is 2.50. The fraction of sp³-hybridized carbons (Fsp3) is 0.238. The van der Waals surface area contributed by atoms with Gasteiger partial charge in [0, 0.05) is 23.7 Å². The second kappa shape index (κ2) is 7.87. The van der Waals surface area contributed by atoms with Crippen molar-refractivity contribution < 1.29 is 24.2 Å². The fourth-order valence-electron chi connectivity index (χ4n) is 3.19. The number of rotatable bonds is 2. The summed E-state index contributed by atoms with van der Waals surface area (Å²) in [4.78, 5) is 23.5. The van der Waals surface area contributed by atoms with Gasteiger partial charge in [-0.2, -0.15) is 0 Å². The molecule has 8 heteroatoms. The molecule has 4 N–H and O–H groups in total. The summed E-state index contributed by atoms with van der Waals surface area (Å²) in [7, 11) is 0. The van der Waals surface area contributed by atoms with Crippen molar-refractivity contribution in [3.8, 4) is 16.9 Å². The number of aromatic carboxylic acids is 1. The van der Waals surface area contributed by atoms with Gasteiger partial charge in [-0.25, -0.2) is 4.79 Å². The molecule has 0 spiro atoms. The maximum atomic E-state index is 12.4. The van der Waals surface area contributed by atoms with Crippen LogP contribution in [0.25, 0.3) is 22.1 Å². The summed E-state index contributed by atoms with van der Waals surface area (Å²) in [6.07, 6.45) is 0. The normalized spacial score (nSPS) is 13.6. The van der Waals surface area contributed by atoms with E-state index < -0.39 is 22.8 Å². The number of benzene rings is 2. The molecule has 2 aromatic carbocycles. The Morgan fingerprint density at radius 1 is 1.21 bits per heavy atom. The molecule has 29 heavy (non-hydrogen) atoms. The molecule has 0 aliphatic carbocycles. The van der Waals surface area contributed by atoms with Crippen LogP contribution in [0.5, 0.6) is 5.75 Å². The molecule has 0 atom stereocenters. The molecule has 0 fully saturated rings. The zero-order valence-corrected chi connectivity index (χ0v) is 16.6. The Kier molecular flexibility index (Phi) is 5.66. The lowest BCUT2D eigenvalue weighted by atomic mass is 9.86. The Morgan fingerprint density at radius 3 is 2.48 bits per heavy atom. The molecule has 4 rings (SSSR count). The number of aliphatic hydroxyl groups excluding tert-OH is 1. The van der Waals surface area contributed by atoms with Crippen LogP contribution in [0.2, 0.25) is 5.02 Å². The summed E-state index contributed by atoms with van der Waals surface area (Å²) < 4.78 is 11.4. The van der Waals surface area contributed by atoms with Gasteiger partial charge >= 0.3 is 5.97 Å². The highest BCUT2D eigenvalue weighted by Gasteiger charge is 2.35. The van der Waals surface area contributed by atoms with Gasteiger partial charge in [-0.3, -0.25) is 4.79 Å². The van der Waals surface area contributed by atoms with Gasteiger partial charge in [0.15, 0.2) is 16.8 Å². The molecule has 1 aromatic heterocycles. The van der Waals surface area contributed by atoms with E-state index in [0.717, 1.165) is 17.2 Å². The van der Waals surface area contributed by atoms with Crippen molar-refractivity contribution in [1.82, 2.24) is 0 Å². The summed E-state index contributed by atoms with van der Waals surface area (Å²) in [6, 6.07) is 10.3. The van der Waals surface area contributed by atoms with Crippen molar-refractivity contribution in [3.63, 3.8) is 0 Å². The molecule has 0 amide bonds. The van der Waals surface area contributed by atoms with Crippen molar-refractivity contribution in [2.45, 2.75) is 19.4 Å². The quantitative estimate of drug-likeness (QED) is 0.584. The number of carboxylic acids is 1. The number of ether oxygens (including phenoxy) is 1. The van der Waals surface area contributed by atoms with E-state index in [1.54, 1.807) is 6.07 Å². The number of fused-ring (bicyclic) bond motifs is 4. The Bertz CT molecular complexity index is 1150. The van der Waals surface area contributed by atoms with Crippen LogP contribution in [0, 0.1) is 0 Å². The second-order valence-corrected chi connectivity index (χ2v) is 7.27. The van der Waals surface area contributed by atoms with E-state index >= 15 is 0 Å². The van der Waals surface area contributed by atoms with Crippen LogP contribution in [-0.4, -0.2) is 29.3 Å². The highest BCUT2D eigenvalue weighted by molar-refractivity contribution is 6.37. The van der Waals surface area contributed by atoms with Crippen LogP contribution >= 0.6 is 11.6 Å². The van der Waals surface area contributed by atoms with E-state index in [1.807, 2.05) is 38.1 Å². The van der Waals surface area contributed by atoms with Crippen molar-refractivity contribution in [1.29, 1.82) is 0 Å². The first-order valence-corrected chi connectivity index (χ1v) is 9.22. The number of halogens is 1. The first-order valence-electron chi connectivity index (χ1n) is 8.84. The Morgan fingerprint density at radius 2 is 1.86 bits per heavy atom. The van der Waals surface area contributed by atoms with Gasteiger partial charge in [0.2, 0.25) is 5.76 Å². The maximum absolute atomic E-state index is 12.4. The van der Waals surface area contributed by atoms with E-state index in [4.69, 9.17) is 36.7 Å². The minimum absolute atomic E-state index is 0.0143. The Labute approximate surface area is 171 Å². The molecule has 152 valence electrons. The SMILES string of the molecule is CC1(C)Oc2c(cc3c(=O)cc(C(=O)O)oc3c2Cl)-c2ccccc21.NCCO. The first-order chi connectivity index (χ1) is 13.7. The molecule has 0 unspecified atom stereocenters. The smallest absolute Gasteiger partial charge is 0.371 e. The minimum atomic E-state index is -1.33. The van der Waals surface area contributed by atoms with Crippen molar-refractivity contribution >= 4 is 28.5 Å². The average Bonchev–Trinajstić information content (AvgIpc) is 2.69. The molecule has 0 bridgehead atoms. The monoisotopic (exact) mass is 417 g/mol. The second-order valence-electron chi connectivity index (χ2n) is 6.89. The summed E-state index contributed by atoms with van der Waals surface area (Å²) in [6.45, 7) is 4.30. The van der Waals surface area contributed by atoms with E-state index in [2.05, 4.69) is 0 Å². The van der Waals surface area contributed by atoms with Gasteiger partial charge in [-0.15, -0.1) is 0 Å². The first kappa shape index (κ1) is 20.9. The summed E-state index contributed by atoms with van der Waals surface area (Å²) >= 11 is 6.45. The van der Waals surface area contributed by atoms with Crippen LogP contribution in [0.3, 0.4) is 0 Å². The number of hydrogen-bond acceptors (Lipinski definition) is 6. The average molecular weight is 418 g/mol. The zero-order valence-electron chi connectivity index (χ0n) is 15.9. The van der Waals surface area contributed by atoms with E-state index in [0.29, 0.717) is 17.9 Å². The molecular formula is C21H20ClNO6. The lowest BCUT2D eigenvalue weighted by Gasteiger charge is -2.35. The molecule has 1 aliphatic heterocycles. The lowest BCUT2D eigenvalue weighted by molar-refractivity contribution is 0.0662. The molecule has 0 saturated heterocycles. The molecule has 2 heterocycles. The summed E-state index contributed by atoms with van der Waals surface area (Å²) in [5, 5.41) is 17.2. The van der Waals surface area contributed by atoms with Crippen LogP contribution in [0.1, 0.15) is 30.0 Å². The zero-order chi connectivity index (χ0) is 21.3. The predicted molar refractivity (Wildman–Crippen MR) is 110 cm³/mol. The van der Waals surface area contributed by atoms with Crippen molar-refractivity contribution in [2.75, 3.05) is 13.2 Å². The van der Waals surface area contributed by atoms with E-state index in [9.17, 15) is 9.59 Å². The van der Waals surface area contributed by atoms with Crippen LogP contribution in [-0.2, 0) is 5.60 Å². The molecule has 0 radical (unpaired) electrons. The molecule has 3 aromatic rings. The summed E-state index contributed by atoms with van der Waals surface area (Å²) in [5.74, 6) is -1.42. The third kappa shape index (κ3) is 3.72. The van der Waals surface area contributed by atoms with Crippen LogP contribution in [0.15, 0.2) is 45.6 Å². The number of aliphatic hydroxyl groups is 1. The van der Waals surface area contributed by atoms with Gasteiger partial charge in [-0.05, 0) is 25.5 Å². The third-order valence-electron chi connectivity index (χ3n) is 4.48. The standard InChI is InChI=1S/C19H13ClO5.C2H7NO/c1-19(2)12-6-4-3-5-9(12)10-7-11-13(21)8-14(18(22)23)24-16(11)15(20)17(10)25-19;3-1-2-4/h3-8H,1-2H3,(H,22,23);4H,1-3H2. The van der Waals surface area contributed by atoms with Gasteiger partial charge in [0.25, 0.3) is 0 Å². The summed E-state index contributed by atoms with van der Waals surface area (Å²) in [5.41, 5.74) is 6.27. The van der Waals surface area contributed by atoms with Crippen LogP contribution in [0.4, 0.5) is 0 Å². The topological polar surface area (TPSA) is 123 Å². The maximum Gasteiger partial charge on any atom is 0.371 e. The molecular weight excluding hydrogens is 398 g/mol. The van der Waals surface area contributed by atoms with E-state index in [-0.39, 0.29) is 22.6 Å². The lowest BCUT2D eigenvalue weighted by Crippen LogP contribution is -2.29.